The van der Waals surface area contributed by atoms with E-state index in [9.17, 15) is 3.08 Å². The second kappa shape index (κ2) is 7.66. The average molecular weight is 251 g/mol. The predicted octanol–water partition coefficient (Wildman–Crippen LogP) is 2.13. The first-order chi connectivity index (χ1) is 4.81. The van der Waals surface area contributed by atoms with Gasteiger partial charge in [0.1, 0.15) is 0 Å². The van der Waals surface area contributed by atoms with E-state index in [4.69, 9.17) is 3.07 Å². The molecular weight excluding hydrogens is 235 g/mol. The summed E-state index contributed by atoms with van der Waals surface area (Å²) >= 11 is -2.49. The van der Waals surface area contributed by atoms with E-state index in [0.29, 0.717) is 6.61 Å². The Labute approximate surface area is 70.6 Å². The Morgan fingerprint density at radius 2 is 2.00 bits per heavy atom. The third-order valence-corrected chi connectivity index (χ3v) is 4.88. The molecule has 0 bridgehead atoms. The van der Waals surface area contributed by atoms with Gasteiger partial charge in [-0.2, -0.15) is 0 Å². The Bertz CT molecular complexity index is 83.6. The van der Waals surface area contributed by atoms with Crippen molar-refractivity contribution in [3.8, 4) is 0 Å². The number of rotatable bonds is 6. The van der Waals surface area contributed by atoms with Gasteiger partial charge in [-0.3, -0.25) is 0 Å². The molecule has 0 atom stereocenters. The van der Waals surface area contributed by atoms with Crippen molar-refractivity contribution in [3.63, 3.8) is 0 Å². The van der Waals surface area contributed by atoms with Crippen LogP contribution in [-0.2, 0) is 6.15 Å². The second-order valence-corrected chi connectivity index (χ2v) is 6.70. The Morgan fingerprint density at radius 1 is 1.30 bits per heavy atom. The summed E-state index contributed by atoms with van der Waals surface area (Å²) in [6.07, 6.45) is 3.18. The van der Waals surface area contributed by atoms with Gasteiger partial charge < -0.3 is 0 Å². The van der Waals surface area contributed by atoms with E-state index < -0.39 is 20.2 Å². The van der Waals surface area contributed by atoms with Crippen LogP contribution in [0, 0.1) is 0 Å². The van der Waals surface area contributed by atoms with Crippen molar-refractivity contribution >= 4 is 20.2 Å². The van der Waals surface area contributed by atoms with Crippen molar-refractivity contribution in [2.75, 3.05) is 6.61 Å². The van der Waals surface area contributed by atoms with Crippen LogP contribution in [0.25, 0.3) is 0 Å². The molecule has 0 N–H and O–H groups in total. The summed E-state index contributed by atoms with van der Waals surface area (Å²) in [6.45, 7) is 4.84. The van der Waals surface area contributed by atoms with E-state index in [0.717, 1.165) is 23.7 Å². The van der Waals surface area contributed by atoms with E-state index >= 15 is 0 Å². The van der Waals surface area contributed by atoms with Gasteiger partial charge in [0.05, 0.1) is 0 Å². The van der Waals surface area contributed by atoms with Gasteiger partial charge in [0.25, 0.3) is 0 Å². The Morgan fingerprint density at radius 3 is 2.50 bits per heavy atom. The third-order valence-electron chi connectivity index (χ3n) is 1.20. The van der Waals surface area contributed by atoms with Gasteiger partial charge in [0, 0.05) is 0 Å². The minimum absolute atomic E-state index is 0.696. The SMILES string of the molecule is CCC[CH2][Sn](=[O])[O]CCC. The molecule has 0 saturated heterocycles. The average Bonchev–Trinajstić information content (AvgIpc) is 1.97. The van der Waals surface area contributed by atoms with E-state index in [-0.39, 0.29) is 0 Å². The van der Waals surface area contributed by atoms with Gasteiger partial charge in [-0.05, 0) is 0 Å². The summed E-state index contributed by atoms with van der Waals surface area (Å²) in [5.41, 5.74) is 0. The van der Waals surface area contributed by atoms with Gasteiger partial charge in [-0.15, -0.1) is 0 Å². The van der Waals surface area contributed by atoms with Crippen LogP contribution in [0.2, 0.25) is 4.44 Å². The van der Waals surface area contributed by atoms with E-state index in [2.05, 4.69) is 6.92 Å². The summed E-state index contributed by atoms with van der Waals surface area (Å²) in [5.74, 6) is 0. The molecule has 60 valence electrons. The van der Waals surface area contributed by atoms with Crippen molar-refractivity contribution < 1.29 is 6.15 Å². The molecular formula is C7H16O2Sn. The quantitative estimate of drug-likeness (QED) is 0.676. The first kappa shape index (κ1) is 10.6. The molecule has 0 aliphatic heterocycles. The number of unbranched alkanes of at least 4 members (excludes halogenated alkanes) is 1. The van der Waals surface area contributed by atoms with Crippen molar-refractivity contribution in [3.05, 3.63) is 0 Å². The number of hydrogen-bond donors (Lipinski definition) is 0. The van der Waals surface area contributed by atoms with Crippen molar-refractivity contribution in [2.45, 2.75) is 37.5 Å². The summed E-state index contributed by atoms with van der Waals surface area (Å²) in [6, 6.07) is 0. The third kappa shape index (κ3) is 6.68. The van der Waals surface area contributed by atoms with Crippen LogP contribution in [0.15, 0.2) is 0 Å². The van der Waals surface area contributed by atoms with Crippen LogP contribution in [0.3, 0.4) is 0 Å². The molecule has 0 aromatic rings. The fourth-order valence-corrected chi connectivity index (χ4v) is 4.09. The van der Waals surface area contributed by atoms with Gasteiger partial charge in [0.2, 0.25) is 0 Å². The maximum atomic E-state index is 11.0. The van der Waals surface area contributed by atoms with Crippen LogP contribution in [-0.4, -0.2) is 26.8 Å². The van der Waals surface area contributed by atoms with Crippen molar-refractivity contribution in [2.24, 2.45) is 0 Å². The molecule has 0 radical (unpaired) electrons. The molecule has 2 nitrogen and oxygen atoms in total. The van der Waals surface area contributed by atoms with Gasteiger partial charge in [0.15, 0.2) is 0 Å². The molecule has 0 aromatic heterocycles. The molecule has 0 aliphatic carbocycles. The fraction of sp³-hybridized carbons (Fsp3) is 1.00. The molecule has 0 unspecified atom stereocenters. The molecule has 0 rings (SSSR count). The standard InChI is InChI=1S/C4H9.C3H7O.O.Sn/c1-3-4-2;1-2-3-4;;/h1,3-4H2,2H3;2-3H2,1H3;;/q;-1;;+1. The Balaban J connectivity index is 3.09. The summed E-state index contributed by atoms with van der Waals surface area (Å²) < 4.78 is 17.0. The monoisotopic (exact) mass is 252 g/mol. The normalized spacial score (nSPS) is 9.80. The molecule has 10 heavy (non-hydrogen) atoms. The van der Waals surface area contributed by atoms with Gasteiger partial charge >= 0.3 is 70.5 Å². The van der Waals surface area contributed by atoms with E-state index in [1.54, 1.807) is 0 Å². The maximum absolute atomic E-state index is 11.0. The van der Waals surface area contributed by atoms with Crippen LogP contribution < -0.4 is 0 Å². The zero-order valence-electron chi connectivity index (χ0n) is 6.85. The fourth-order valence-electron chi connectivity index (χ4n) is 0.609. The zero-order chi connectivity index (χ0) is 7.82. The number of hydrogen-bond acceptors (Lipinski definition) is 2. The predicted molar refractivity (Wildman–Crippen MR) is 42.4 cm³/mol. The minimum atomic E-state index is -2.49. The molecule has 0 aromatic carbocycles. The first-order valence-corrected chi connectivity index (χ1v) is 8.31. The van der Waals surface area contributed by atoms with E-state index in [1.807, 2.05) is 6.92 Å². The molecule has 0 amide bonds. The Hall–Kier alpha value is 0.559. The molecule has 0 saturated carbocycles. The van der Waals surface area contributed by atoms with Gasteiger partial charge in [-0.25, -0.2) is 0 Å². The summed E-state index contributed by atoms with van der Waals surface area (Å²) in [5, 5.41) is 0. The second-order valence-electron chi connectivity index (χ2n) is 2.32. The van der Waals surface area contributed by atoms with Crippen LogP contribution in [0.5, 0.6) is 0 Å². The van der Waals surface area contributed by atoms with Crippen LogP contribution >= 0.6 is 0 Å². The molecule has 0 fully saturated rings. The van der Waals surface area contributed by atoms with Gasteiger partial charge in [-0.1, -0.05) is 0 Å². The zero-order valence-corrected chi connectivity index (χ0v) is 9.71. The molecule has 3 heteroatoms. The van der Waals surface area contributed by atoms with Crippen LogP contribution in [0.4, 0.5) is 0 Å². The first-order valence-electron chi connectivity index (χ1n) is 3.96. The van der Waals surface area contributed by atoms with Crippen molar-refractivity contribution in [1.82, 2.24) is 0 Å². The van der Waals surface area contributed by atoms with Crippen molar-refractivity contribution in [1.29, 1.82) is 0 Å². The molecule has 0 heterocycles. The van der Waals surface area contributed by atoms with E-state index in [1.165, 1.54) is 0 Å². The molecule has 0 spiro atoms. The molecule has 0 aliphatic rings. The summed E-state index contributed by atoms with van der Waals surface area (Å²) in [7, 11) is 0. The van der Waals surface area contributed by atoms with Crippen LogP contribution in [0.1, 0.15) is 33.1 Å². The topological polar surface area (TPSA) is 26.3 Å². The Kier molecular flexibility index (Phi) is 8.09. The summed E-state index contributed by atoms with van der Waals surface area (Å²) in [4.78, 5) is 0.